The molecule has 1 unspecified atom stereocenters. The van der Waals surface area contributed by atoms with Gasteiger partial charge in [-0.25, -0.2) is 8.78 Å². The number of alkyl halides is 2. The summed E-state index contributed by atoms with van der Waals surface area (Å²) < 4.78 is 26.6. The summed E-state index contributed by atoms with van der Waals surface area (Å²) in [7, 11) is 0. The fraction of sp³-hybridized carbons (Fsp3) is 0.727. The summed E-state index contributed by atoms with van der Waals surface area (Å²) in [6, 6.07) is 0.404. The topological polar surface area (TPSA) is 39.3 Å². The number of allylic oxidation sites excluding steroid dienone is 3. The number of hydrogen-bond donors (Lipinski definition) is 3. The van der Waals surface area contributed by atoms with Crippen molar-refractivity contribution in [2.24, 2.45) is 5.92 Å². The molecule has 2 fully saturated rings. The van der Waals surface area contributed by atoms with Crippen molar-refractivity contribution in [3.8, 4) is 0 Å². The van der Waals surface area contributed by atoms with Crippen LogP contribution < -0.4 is 16.0 Å². The molecular weight excluding hydrogens is 358 g/mol. The molecule has 3 N–H and O–H groups in total. The lowest BCUT2D eigenvalue weighted by molar-refractivity contribution is -0.0454. The standard InChI is InChI=1S/C22H34F2N4/c23-22(24)7-5-17(6-8-22)14-26-16-19-13-20-18(15-27-19)3-1-2-4-21(20)28-11-9-25-10-12-28/h1,3-4,17,19,25-27H,2,5-16H2. The summed E-state index contributed by atoms with van der Waals surface area (Å²) >= 11 is 0. The van der Waals surface area contributed by atoms with Gasteiger partial charge in [-0.15, -0.1) is 0 Å². The zero-order chi connectivity index (χ0) is 19.4. The molecule has 4 aliphatic rings. The maximum Gasteiger partial charge on any atom is 0.248 e. The third-order valence-electron chi connectivity index (χ3n) is 6.61. The van der Waals surface area contributed by atoms with E-state index in [9.17, 15) is 8.78 Å². The molecule has 0 bridgehead atoms. The van der Waals surface area contributed by atoms with Gasteiger partial charge in [0.05, 0.1) is 0 Å². The highest BCUT2D eigenvalue weighted by Crippen LogP contribution is 2.36. The van der Waals surface area contributed by atoms with E-state index in [4.69, 9.17) is 0 Å². The van der Waals surface area contributed by atoms with Crippen LogP contribution in [0.1, 0.15) is 38.5 Å². The molecule has 2 heterocycles. The summed E-state index contributed by atoms with van der Waals surface area (Å²) in [5.74, 6) is -2.03. The lowest BCUT2D eigenvalue weighted by Gasteiger charge is -2.36. The van der Waals surface area contributed by atoms with Crippen molar-refractivity contribution in [1.82, 2.24) is 20.9 Å². The number of rotatable bonds is 5. The van der Waals surface area contributed by atoms with Crippen molar-refractivity contribution in [3.63, 3.8) is 0 Å². The van der Waals surface area contributed by atoms with Crippen molar-refractivity contribution in [2.75, 3.05) is 45.8 Å². The average Bonchev–Trinajstić information content (AvgIpc) is 2.92. The molecule has 0 aromatic carbocycles. The van der Waals surface area contributed by atoms with Crippen molar-refractivity contribution in [2.45, 2.75) is 50.5 Å². The molecule has 1 saturated heterocycles. The molecule has 0 radical (unpaired) electrons. The fourth-order valence-electron chi connectivity index (χ4n) is 4.89. The van der Waals surface area contributed by atoms with Crippen LogP contribution in [0.3, 0.4) is 0 Å². The second-order valence-electron chi connectivity index (χ2n) is 8.71. The van der Waals surface area contributed by atoms with Crippen molar-refractivity contribution in [3.05, 3.63) is 35.1 Å². The quantitative estimate of drug-likeness (QED) is 0.673. The first kappa shape index (κ1) is 20.0. The van der Waals surface area contributed by atoms with Gasteiger partial charge in [-0.3, -0.25) is 0 Å². The highest BCUT2D eigenvalue weighted by atomic mass is 19.3. The molecule has 4 rings (SSSR count). The Labute approximate surface area is 167 Å². The minimum absolute atomic E-state index is 0.0580. The maximum absolute atomic E-state index is 13.3. The van der Waals surface area contributed by atoms with Gasteiger partial charge in [-0.1, -0.05) is 18.2 Å². The molecule has 0 spiro atoms. The van der Waals surface area contributed by atoms with Gasteiger partial charge >= 0.3 is 0 Å². The largest absolute Gasteiger partial charge is 0.369 e. The molecule has 156 valence electrons. The SMILES string of the molecule is FC1(F)CCC(CNCC2CC3=C(C=CCC=C3N3CCNCC3)CN2)CC1. The Balaban J connectivity index is 1.31. The average molecular weight is 393 g/mol. The number of hydrogen-bond acceptors (Lipinski definition) is 4. The van der Waals surface area contributed by atoms with Gasteiger partial charge in [-0.2, -0.15) is 0 Å². The van der Waals surface area contributed by atoms with Crippen molar-refractivity contribution >= 4 is 0 Å². The van der Waals surface area contributed by atoms with Crippen LogP contribution in [0.15, 0.2) is 35.1 Å². The second-order valence-corrected chi connectivity index (χ2v) is 8.71. The van der Waals surface area contributed by atoms with Crippen molar-refractivity contribution in [1.29, 1.82) is 0 Å². The van der Waals surface area contributed by atoms with Crippen LogP contribution in [0.5, 0.6) is 0 Å². The normalized spacial score (nSPS) is 28.7. The molecule has 6 heteroatoms. The minimum Gasteiger partial charge on any atom is -0.369 e. The van der Waals surface area contributed by atoms with Crippen LogP contribution in [0, 0.1) is 5.92 Å². The Morgan fingerprint density at radius 1 is 1.14 bits per heavy atom. The van der Waals surface area contributed by atoms with Gasteiger partial charge in [0.2, 0.25) is 5.92 Å². The summed E-state index contributed by atoms with van der Waals surface area (Å²) in [4.78, 5) is 2.54. The minimum atomic E-state index is -2.43. The van der Waals surface area contributed by atoms with E-state index in [1.54, 1.807) is 0 Å². The van der Waals surface area contributed by atoms with E-state index in [0.29, 0.717) is 24.8 Å². The number of piperazine rings is 1. The molecule has 1 atom stereocenters. The van der Waals surface area contributed by atoms with Crippen LogP contribution in [0.4, 0.5) is 8.78 Å². The zero-order valence-electron chi connectivity index (χ0n) is 16.8. The molecular formula is C22H34F2N4. The number of nitrogens with one attached hydrogen (secondary N) is 3. The lowest BCUT2D eigenvalue weighted by atomic mass is 9.86. The Morgan fingerprint density at radius 2 is 1.93 bits per heavy atom. The van der Waals surface area contributed by atoms with Crippen LogP contribution in [0.2, 0.25) is 0 Å². The van der Waals surface area contributed by atoms with Gasteiger partial charge in [-0.05, 0) is 49.3 Å². The van der Waals surface area contributed by atoms with E-state index >= 15 is 0 Å². The number of halogens is 2. The van der Waals surface area contributed by atoms with Gasteiger partial charge < -0.3 is 20.9 Å². The van der Waals surface area contributed by atoms with Crippen LogP contribution in [0.25, 0.3) is 0 Å². The molecule has 4 nitrogen and oxygen atoms in total. The maximum atomic E-state index is 13.3. The molecule has 0 aromatic heterocycles. The van der Waals surface area contributed by atoms with Crippen LogP contribution in [-0.2, 0) is 0 Å². The summed E-state index contributed by atoms with van der Waals surface area (Å²) in [5.41, 5.74) is 4.36. The Kier molecular flexibility index (Phi) is 6.48. The third kappa shape index (κ3) is 5.02. The Bertz CT molecular complexity index is 624. The van der Waals surface area contributed by atoms with E-state index < -0.39 is 5.92 Å². The summed E-state index contributed by atoms with van der Waals surface area (Å²) in [5, 5.41) is 10.7. The van der Waals surface area contributed by atoms with Crippen LogP contribution in [-0.4, -0.2) is 62.7 Å². The summed E-state index contributed by atoms with van der Waals surface area (Å²) in [6.07, 6.45) is 10.4. The first-order chi connectivity index (χ1) is 13.6. The van der Waals surface area contributed by atoms with Gasteiger partial charge in [0.25, 0.3) is 0 Å². The molecule has 2 aliphatic heterocycles. The van der Waals surface area contributed by atoms with E-state index in [1.807, 2.05) is 0 Å². The Morgan fingerprint density at radius 3 is 2.71 bits per heavy atom. The van der Waals surface area contributed by atoms with E-state index in [-0.39, 0.29) is 12.8 Å². The smallest absolute Gasteiger partial charge is 0.248 e. The van der Waals surface area contributed by atoms with E-state index in [2.05, 4.69) is 39.1 Å². The van der Waals surface area contributed by atoms with Crippen LogP contribution >= 0.6 is 0 Å². The van der Waals surface area contributed by atoms with Crippen molar-refractivity contribution < 1.29 is 8.78 Å². The highest BCUT2D eigenvalue weighted by Gasteiger charge is 2.34. The second kappa shape index (κ2) is 9.06. The van der Waals surface area contributed by atoms with Gasteiger partial charge in [0, 0.05) is 63.8 Å². The summed E-state index contributed by atoms with van der Waals surface area (Å²) in [6.45, 7) is 6.94. The number of nitrogens with zero attached hydrogens (tertiary/aromatic N) is 1. The molecule has 0 amide bonds. The predicted octanol–water partition coefficient (Wildman–Crippen LogP) is 2.81. The first-order valence-corrected chi connectivity index (χ1v) is 11.0. The fourth-order valence-corrected chi connectivity index (χ4v) is 4.89. The van der Waals surface area contributed by atoms with E-state index in [1.165, 1.54) is 16.8 Å². The first-order valence-electron chi connectivity index (χ1n) is 11.0. The van der Waals surface area contributed by atoms with Gasteiger partial charge in [0.15, 0.2) is 0 Å². The third-order valence-corrected chi connectivity index (χ3v) is 6.61. The molecule has 1 saturated carbocycles. The highest BCUT2D eigenvalue weighted by molar-refractivity contribution is 5.45. The monoisotopic (exact) mass is 392 g/mol. The van der Waals surface area contributed by atoms with Gasteiger partial charge in [0.1, 0.15) is 0 Å². The lowest BCUT2D eigenvalue weighted by Crippen LogP contribution is -2.47. The zero-order valence-corrected chi connectivity index (χ0v) is 16.8. The molecule has 0 aromatic rings. The predicted molar refractivity (Wildman–Crippen MR) is 109 cm³/mol. The van der Waals surface area contributed by atoms with E-state index in [0.717, 1.165) is 58.7 Å². The molecule has 2 aliphatic carbocycles. The Hall–Kier alpha value is -1.24. The molecule has 28 heavy (non-hydrogen) atoms.